The van der Waals surface area contributed by atoms with E-state index < -0.39 is 15.9 Å². The monoisotopic (exact) mass is 432 g/mol. The van der Waals surface area contributed by atoms with Crippen LogP contribution in [0.25, 0.3) is 0 Å². The van der Waals surface area contributed by atoms with Gasteiger partial charge in [-0.1, -0.05) is 29.8 Å². The van der Waals surface area contributed by atoms with E-state index in [1.54, 1.807) is 54.8 Å². The summed E-state index contributed by atoms with van der Waals surface area (Å²) in [6.07, 6.45) is 0. The molecule has 1 heterocycles. The number of halogens is 1. The topological polar surface area (TPSA) is 66.5 Å². The maximum atomic E-state index is 13.1. The predicted octanol–water partition coefficient (Wildman–Crippen LogP) is 4.51. The lowest BCUT2D eigenvalue weighted by Gasteiger charge is -2.21. The van der Waals surface area contributed by atoms with Crippen molar-refractivity contribution in [2.45, 2.75) is 24.8 Å². The van der Waals surface area contributed by atoms with Crippen LogP contribution in [-0.4, -0.2) is 21.4 Å². The maximum Gasteiger partial charge on any atom is 0.264 e. The molecule has 0 saturated heterocycles. The zero-order chi connectivity index (χ0) is 21.2. The first kappa shape index (κ1) is 21.0. The van der Waals surface area contributed by atoms with Crippen molar-refractivity contribution in [1.82, 2.24) is 5.32 Å². The third kappa shape index (κ3) is 4.49. The van der Waals surface area contributed by atoms with E-state index >= 15 is 0 Å². The first-order valence-corrected chi connectivity index (χ1v) is 11.2. The number of nitrogens with zero attached hydrogens (tertiary/aromatic N) is 1. The zero-order valence-electron chi connectivity index (χ0n) is 16.2. The normalized spacial score (nSPS) is 12.4. The quantitative estimate of drug-likeness (QED) is 0.623. The molecule has 2 aromatic carbocycles. The SMILES string of the molecule is Cc1ccc(S(=O)(=O)N(C)c2ccsc2C(=O)NC(C)c2ccc(F)cc2)cc1. The van der Waals surface area contributed by atoms with Crippen LogP contribution in [0.15, 0.2) is 64.9 Å². The highest BCUT2D eigenvalue weighted by Gasteiger charge is 2.26. The Morgan fingerprint density at radius 1 is 1.07 bits per heavy atom. The van der Waals surface area contributed by atoms with Crippen LogP contribution in [-0.2, 0) is 10.0 Å². The van der Waals surface area contributed by atoms with Crippen LogP contribution in [0.5, 0.6) is 0 Å². The van der Waals surface area contributed by atoms with Crippen molar-refractivity contribution in [3.63, 3.8) is 0 Å². The molecular formula is C21H21FN2O3S2. The first-order chi connectivity index (χ1) is 13.7. The molecule has 0 aliphatic rings. The van der Waals surface area contributed by atoms with Crippen LogP contribution in [0.1, 0.15) is 33.8 Å². The highest BCUT2D eigenvalue weighted by atomic mass is 32.2. The second kappa shape index (κ2) is 8.34. The van der Waals surface area contributed by atoms with Crippen LogP contribution in [0.4, 0.5) is 10.1 Å². The summed E-state index contributed by atoms with van der Waals surface area (Å²) in [6.45, 7) is 3.66. The van der Waals surface area contributed by atoms with Crippen molar-refractivity contribution < 1.29 is 17.6 Å². The van der Waals surface area contributed by atoms with E-state index in [9.17, 15) is 17.6 Å². The molecule has 5 nitrogen and oxygen atoms in total. The summed E-state index contributed by atoms with van der Waals surface area (Å²) in [5, 5.41) is 4.51. The fourth-order valence-electron chi connectivity index (χ4n) is 2.82. The largest absolute Gasteiger partial charge is 0.345 e. The fraction of sp³-hybridized carbons (Fsp3) is 0.190. The Morgan fingerprint density at radius 2 is 1.69 bits per heavy atom. The molecule has 3 rings (SSSR count). The first-order valence-electron chi connectivity index (χ1n) is 8.89. The molecule has 0 aliphatic carbocycles. The molecule has 0 saturated carbocycles. The van der Waals surface area contributed by atoms with Gasteiger partial charge in [-0.05, 0) is 55.1 Å². The van der Waals surface area contributed by atoms with Crippen LogP contribution >= 0.6 is 11.3 Å². The molecule has 3 aromatic rings. The van der Waals surface area contributed by atoms with Crippen molar-refractivity contribution in [2.24, 2.45) is 0 Å². The van der Waals surface area contributed by atoms with Gasteiger partial charge in [0.25, 0.3) is 15.9 Å². The molecule has 1 N–H and O–H groups in total. The maximum absolute atomic E-state index is 13.1. The van der Waals surface area contributed by atoms with Gasteiger partial charge in [0.05, 0.1) is 16.6 Å². The summed E-state index contributed by atoms with van der Waals surface area (Å²) in [5.74, 6) is -0.742. The van der Waals surface area contributed by atoms with E-state index in [0.29, 0.717) is 5.69 Å². The van der Waals surface area contributed by atoms with Gasteiger partial charge in [0, 0.05) is 7.05 Å². The lowest BCUT2D eigenvalue weighted by atomic mass is 10.1. The summed E-state index contributed by atoms with van der Waals surface area (Å²) < 4.78 is 40.1. The number of anilines is 1. The summed E-state index contributed by atoms with van der Waals surface area (Å²) in [7, 11) is -2.37. The molecule has 0 aliphatic heterocycles. The molecule has 1 atom stereocenters. The van der Waals surface area contributed by atoms with Crippen molar-refractivity contribution >= 4 is 33.0 Å². The van der Waals surface area contributed by atoms with E-state index in [1.165, 1.54) is 19.2 Å². The van der Waals surface area contributed by atoms with Crippen LogP contribution in [0.2, 0.25) is 0 Å². The van der Waals surface area contributed by atoms with E-state index in [-0.39, 0.29) is 21.6 Å². The standard InChI is InChI=1S/C21H21FN2O3S2/c1-14-4-10-18(11-5-14)29(26,27)24(3)19-12-13-28-20(19)21(25)23-15(2)16-6-8-17(22)9-7-16/h4-13,15H,1-3H3,(H,23,25). The minimum absolute atomic E-state index is 0.155. The highest BCUT2D eigenvalue weighted by molar-refractivity contribution is 7.92. The number of benzene rings is 2. The molecule has 152 valence electrons. The number of rotatable bonds is 6. The zero-order valence-corrected chi connectivity index (χ0v) is 17.9. The van der Waals surface area contributed by atoms with Gasteiger partial charge in [-0.15, -0.1) is 11.3 Å². The highest BCUT2D eigenvalue weighted by Crippen LogP contribution is 2.30. The van der Waals surface area contributed by atoms with Crippen LogP contribution in [0.3, 0.4) is 0 Å². The lowest BCUT2D eigenvalue weighted by Crippen LogP contribution is -2.30. The Morgan fingerprint density at radius 3 is 2.31 bits per heavy atom. The number of aryl methyl sites for hydroxylation is 1. The Bertz CT molecular complexity index is 1110. The number of hydrogen-bond acceptors (Lipinski definition) is 4. The number of carbonyl (C=O) groups is 1. The van der Waals surface area contributed by atoms with Crippen molar-refractivity contribution in [3.8, 4) is 0 Å². The smallest absolute Gasteiger partial charge is 0.264 e. The Kier molecular flexibility index (Phi) is 6.04. The number of nitrogens with one attached hydrogen (secondary N) is 1. The number of amides is 1. The molecule has 1 aromatic heterocycles. The van der Waals surface area contributed by atoms with Gasteiger partial charge < -0.3 is 5.32 Å². The van der Waals surface area contributed by atoms with Gasteiger partial charge in [0.2, 0.25) is 0 Å². The number of thiophene rings is 1. The third-order valence-corrected chi connectivity index (χ3v) is 7.27. The second-order valence-electron chi connectivity index (χ2n) is 6.67. The minimum atomic E-state index is -3.80. The van der Waals surface area contributed by atoms with Crippen molar-refractivity contribution in [2.75, 3.05) is 11.4 Å². The molecule has 1 unspecified atom stereocenters. The second-order valence-corrected chi connectivity index (χ2v) is 9.55. The molecule has 8 heteroatoms. The molecule has 0 fully saturated rings. The lowest BCUT2D eigenvalue weighted by molar-refractivity contribution is 0.0944. The molecule has 0 radical (unpaired) electrons. The van der Waals surface area contributed by atoms with E-state index in [1.807, 2.05) is 6.92 Å². The van der Waals surface area contributed by atoms with E-state index in [4.69, 9.17) is 0 Å². The summed E-state index contributed by atoms with van der Waals surface area (Å²) in [4.78, 5) is 13.2. The predicted molar refractivity (Wildman–Crippen MR) is 113 cm³/mol. The molecule has 1 amide bonds. The average molecular weight is 433 g/mol. The van der Waals surface area contributed by atoms with Gasteiger partial charge in [0.1, 0.15) is 10.7 Å². The van der Waals surface area contributed by atoms with Crippen LogP contribution < -0.4 is 9.62 Å². The number of carbonyl (C=O) groups excluding carboxylic acids is 1. The number of sulfonamides is 1. The van der Waals surface area contributed by atoms with Crippen LogP contribution in [0, 0.1) is 12.7 Å². The van der Waals surface area contributed by atoms with Crippen molar-refractivity contribution in [1.29, 1.82) is 0 Å². The average Bonchev–Trinajstić information content (AvgIpc) is 3.18. The molecule has 0 spiro atoms. The third-order valence-electron chi connectivity index (χ3n) is 4.59. The number of hydrogen-bond donors (Lipinski definition) is 1. The molecule has 0 bridgehead atoms. The van der Waals surface area contributed by atoms with E-state index in [0.717, 1.165) is 26.8 Å². The van der Waals surface area contributed by atoms with Gasteiger partial charge in [-0.25, -0.2) is 12.8 Å². The van der Waals surface area contributed by atoms with Gasteiger partial charge in [-0.2, -0.15) is 0 Å². The van der Waals surface area contributed by atoms with E-state index in [2.05, 4.69) is 5.32 Å². The van der Waals surface area contributed by atoms with Crippen molar-refractivity contribution in [3.05, 3.63) is 81.8 Å². The summed E-state index contributed by atoms with van der Waals surface area (Å²) >= 11 is 1.16. The Labute approximate surface area is 173 Å². The molecular weight excluding hydrogens is 411 g/mol. The molecule has 29 heavy (non-hydrogen) atoms. The van der Waals surface area contributed by atoms with Gasteiger partial charge >= 0.3 is 0 Å². The van der Waals surface area contributed by atoms with Gasteiger partial charge in [0.15, 0.2) is 0 Å². The Hall–Kier alpha value is -2.71. The minimum Gasteiger partial charge on any atom is -0.345 e. The summed E-state index contributed by atoms with van der Waals surface area (Å²) in [5.41, 5.74) is 2.01. The Balaban J connectivity index is 1.83. The summed E-state index contributed by atoms with van der Waals surface area (Å²) in [6, 6.07) is 13.7. The van der Waals surface area contributed by atoms with Gasteiger partial charge in [-0.3, -0.25) is 9.10 Å². The fourth-order valence-corrected chi connectivity index (χ4v) is 4.91.